The predicted octanol–water partition coefficient (Wildman–Crippen LogP) is 2.84. The van der Waals surface area contributed by atoms with E-state index in [1.807, 2.05) is 12.3 Å². The van der Waals surface area contributed by atoms with Crippen LogP contribution in [0.25, 0.3) is 10.9 Å². The van der Waals surface area contributed by atoms with Crippen LogP contribution in [0.4, 0.5) is 5.69 Å². The number of hydrogen-bond acceptors (Lipinski definition) is 2. The lowest BCUT2D eigenvalue weighted by atomic mass is 10.2. The van der Waals surface area contributed by atoms with Crippen LogP contribution in [-0.2, 0) is 0 Å². The van der Waals surface area contributed by atoms with Gasteiger partial charge < -0.3 is 4.90 Å². The fourth-order valence-corrected chi connectivity index (χ4v) is 2.31. The van der Waals surface area contributed by atoms with Gasteiger partial charge in [-0.3, -0.25) is 4.98 Å². The van der Waals surface area contributed by atoms with Crippen LogP contribution >= 0.6 is 0 Å². The second-order valence-corrected chi connectivity index (χ2v) is 4.04. The first kappa shape index (κ1) is 8.72. The van der Waals surface area contributed by atoms with Gasteiger partial charge in [0.05, 0.1) is 5.52 Å². The van der Waals surface area contributed by atoms with Gasteiger partial charge in [0.25, 0.3) is 0 Å². The van der Waals surface area contributed by atoms with Crippen molar-refractivity contribution in [2.45, 2.75) is 12.8 Å². The third-order valence-corrected chi connectivity index (χ3v) is 3.07. The first-order valence-electron chi connectivity index (χ1n) is 5.54. The molecule has 0 amide bonds. The highest BCUT2D eigenvalue weighted by atomic mass is 15.1. The molecule has 0 aliphatic carbocycles. The molecule has 1 aromatic heterocycles. The summed E-state index contributed by atoms with van der Waals surface area (Å²) in [5.74, 6) is 0. The van der Waals surface area contributed by atoms with Crippen molar-refractivity contribution in [3.8, 4) is 0 Å². The van der Waals surface area contributed by atoms with Crippen molar-refractivity contribution in [3.05, 3.63) is 36.5 Å². The molecule has 1 fully saturated rings. The van der Waals surface area contributed by atoms with Crippen LogP contribution in [0.3, 0.4) is 0 Å². The molecule has 1 aromatic carbocycles. The van der Waals surface area contributed by atoms with Crippen LogP contribution in [0.5, 0.6) is 0 Å². The number of nitrogens with zero attached hydrogens (tertiary/aromatic N) is 2. The Bertz CT molecular complexity index is 467. The second kappa shape index (κ2) is 3.54. The lowest BCUT2D eigenvalue weighted by Gasteiger charge is -2.19. The van der Waals surface area contributed by atoms with Crippen molar-refractivity contribution in [2.75, 3.05) is 18.0 Å². The zero-order valence-electron chi connectivity index (χ0n) is 8.69. The van der Waals surface area contributed by atoms with Crippen LogP contribution in [0.15, 0.2) is 36.5 Å². The minimum Gasteiger partial charge on any atom is -0.371 e. The van der Waals surface area contributed by atoms with E-state index in [4.69, 9.17) is 0 Å². The van der Waals surface area contributed by atoms with E-state index in [1.54, 1.807) is 0 Å². The van der Waals surface area contributed by atoms with Crippen molar-refractivity contribution in [1.82, 2.24) is 4.98 Å². The first-order valence-corrected chi connectivity index (χ1v) is 5.54. The molecule has 1 aliphatic heterocycles. The Morgan fingerprint density at radius 3 is 2.67 bits per heavy atom. The van der Waals surface area contributed by atoms with Crippen LogP contribution in [0, 0.1) is 0 Å². The van der Waals surface area contributed by atoms with E-state index in [0.717, 1.165) is 5.52 Å². The Labute approximate surface area is 89.5 Å². The molecule has 76 valence electrons. The first-order chi connectivity index (χ1) is 7.45. The van der Waals surface area contributed by atoms with Gasteiger partial charge in [-0.2, -0.15) is 0 Å². The molecule has 0 N–H and O–H groups in total. The number of benzene rings is 1. The quantitative estimate of drug-likeness (QED) is 0.700. The maximum Gasteiger partial charge on any atom is 0.0722 e. The average Bonchev–Trinajstić information content (AvgIpc) is 2.82. The van der Waals surface area contributed by atoms with Gasteiger partial charge in [0, 0.05) is 30.4 Å². The zero-order valence-corrected chi connectivity index (χ0v) is 8.69. The SMILES string of the molecule is c1ccc2c(N3CCCC3)ccnc2c1. The highest BCUT2D eigenvalue weighted by Gasteiger charge is 2.14. The van der Waals surface area contributed by atoms with Crippen LogP contribution in [0.1, 0.15) is 12.8 Å². The van der Waals surface area contributed by atoms with Crippen LogP contribution < -0.4 is 4.90 Å². The molecule has 3 rings (SSSR count). The summed E-state index contributed by atoms with van der Waals surface area (Å²) >= 11 is 0. The number of fused-ring (bicyclic) bond motifs is 1. The number of hydrogen-bond donors (Lipinski definition) is 0. The van der Waals surface area contributed by atoms with E-state index in [9.17, 15) is 0 Å². The number of aromatic nitrogens is 1. The smallest absolute Gasteiger partial charge is 0.0722 e. The molecule has 0 atom stereocenters. The fraction of sp³-hybridized carbons (Fsp3) is 0.308. The Balaban J connectivity index is 2.16. The molecule has 2 heterocycles. The van der Waals surface area contributed by atoms with E-state index in [1.165, 1.54) is 37.0 Å². The highest BCUT2D eigenvalue weighted by molar-refractivity contribution is 5.91. The molecule has 2 aromatic rings. The molecule has 1 saturated heterocycles. The molecule has 0 saturated carbocycles. The number of anilines is 1. The van der Waals surface area contributed by atoms with E-state index < -0.39 is 0 Å². The van der Waals surface area contributed by atoms with Crippen molar-refractivity contribution < 1.29 is 0 Å². The molecular formula is C13H14N2. The molecular weight excluding hydrogens is 184 g/mol. The maximum atomic E-state index is 4.39. The van der Waals surface area contributed by atoms with Gasteiger partial charge >= 0.3 is 0 Å². The second-order valence-electron chi connectivity index (χ2n) is 4.04. The Morgan fingerprint density at radius 1 is 1.00 bits per heavy atom. The van der Waals surface area contributed by atoms with E-state index in [2.05, 4.69) is 34.1 Å². The van der Waals surface area contributed by atoms with Crippen molar-refractivity contribution in [3.63, 3.8) is 0 Å². The topological polar surface area (TPSA) is 16.1 Å². The number of pyridine rings is 1. The number of para-hydroxylation sites is 1. The standard InChI is InChI=1S/C13H14N2/c1-2-6-12-11(5-1)13(7-8-14-12)15-9-3-4-10-15/h1-2,5-8H,3-4,9-10H2. The van der Waals surface area contributed by atoms with Gasteiger partial charge in [-0.15, -0.1) is 0 Å². The minimum atomic E-state index is 1.10. The van der Waals surface area contributed by atoms with Crippen molar-refractivity contribution in [1.29, 1.82) is 0 Å². The molecule has 0 unspecified atom stereocenters. The molecule has 1 aliphatic rings. The van der Waals surface area contributed by atoms with Crippen molar-refractivity contribution >= 4 is 16.6 Å². The predicted molar refractivity (Wildman–Crippen MR) is 63.2 cm³/mol. The van der Waals surface area contributed by atoms with Gasteiger partial charge in [0.1, 0.15) is 0 Å². The number of rotatable bonds is 1. The van der Waals surface area contributed by atoms with Gasteiger partial charge in [-0.05, 0) is 25.0 Å². The lowest BCUT2D eigenvalue weighted by molar-refractivity contribution is 0.949. The molecule has 15 heavy (non-hydrogen) atoms. The van der Waals surface area contributed by atoms with Crippen molar-refractivity contribution in [2.24, 2.45) is 0 Å². The normalized spacial score (nSPS) is 16.1. The molecule has 0 spiro atoms. The maximum absolute atomic E-state index is 4.39. The van der Waals surface area contributed by atoms with Crippen LogP contribution in [0.2, 0.25) is 0 Å². The molecule has 2 nitrogen and oxygen atoms in total. The Morgan fingerprint density at radius 2 is 1.80 bits per heavy atom. The molecule has 0 bridgehead atoms. The lowest BCUT2D eigenvalue weighted by Crippen LogP contribution is -2.17. The van der Waals surface area contributed by atoms with E-state index in [-0.39, 0.29) is 0 Å². The summed E-state index contributed by atoms with van der Waals surface area (Å²) in [5, 5.41) is 1.28. The minimum absolute atomic E-state index is 1.10. The Kier molecular flexibility index (Phi) is 2.05. The largest absolute Gasteiger partial charge is 0.371 e. The van der Waals surface area contributed by atoms with Gasteiger partial charge in [0.15, 0.2) is 0 Å². The zero-order chi connectivity index (χ0) is 10.1. The van der Waals surface area contributed by atoms with E-state index >= 15 is 0 Å². The molecule has 0 radical (unpaired) electrons. The van der Waals surface area contributed by atoms with Gasteiger partial charge in [-0.25, -0.2) is 0 Å². The van der Waals surface area contributed by atoms with E-state index in [0.29, 0.717) is 0 Å². The summed E-state index contributed by atoms with van der Waals surface area (Å²) in [5.41, 5.74) is 2.44. The summed E-state index contributed by atoms with van der Waals surface area (Å²) in [6, 6.07) is 10.5. The highest BCUT2D eigenvalue weighted by Crippen LogP contribution is 2.27. The van der Waals surface area contributed by atoms with Gasteiger partial charge in [-0.1, -0.05) is 18.2 Å². The van der Waals surface area contributed by atoms with Gasteiger partial charge in [0.2, 0.25) is 0 Å². The summed E-state index contributed by atoms with van der Waals surface area (Å²) in [4.78, 5) is 6.85. The fourth-order valence-electron chi connectivity index (χ4n) is 2.31. The summed E-state index contributed by atoms with van der Waals surface area (Å²) in [6.45, 7) is 2.38. The summed E-state index contributed by atoms with van der Waals surface area (Å²) < 4.78 is 0. The summed E-state index contributed by atoms with van der Waals surface area (Å²) in [6.07, 6.45) is 4.54. The average molecular weight is 198 g/mol. The monoisotopic (exact) mass is 198 g/mol. The molecule has 2 heteroatoms. The Hall–Kier alpha value is -1.57. The third kappa shape index (κ3) is 1.46. The summed E-state index contributed by atoms with van der Waals surface area (Å²) in [7, 11) is 0. The van der Waals surface area contributed by atoms with Crippen LogP contribution in [-0.4, -0.2) is 18.1 Å². The third-order valence-electron chi connectivity index (χ3n) is 3.07.